The van der Waals surface area contributed by atoms with Gasteiger partial charge in [-0.25, -0.2) is 0 Å². The van der Waals surface area contributed by atoms with Gasteiger partial charge in [0, 0.05) is 11.6 Å². The van der Waals surface area contributed by atoms with Crippen LogP contribution in [0.25, 0.3) is 33.4 Å². The molecule has 1 heterocycles. The maximum absolute atomic E-state index is 12.5. The molecule has 0 amide bonds. The molecule has 3 aromatic carbocycles. The van der Waals surface area contributed by atoms with E-state index >= 15 is 0 Å². The number of benzene rings is 3. The lowest BCUT2D eigenvalue weighted by molar-refractivity contribution is 0.480. The highest BCUT2D eigenvalue weighted by Crippen LogP contribution is 2.33. The van der Waals surface area contributed by atoms with Gasteiger partial charge in [-0.15, -0.1) is 0 Å². The van der Waals surface area contributed by atoms with Crippen molar-refractivity contribution in [3.63, 3.8) is 0 Å². The van der Waals surface area contributed by atoms with Gasteiger partial charge in [0.2, 0.25) is 0 Å². The number of fused-ring (bicyclic) bond motifs is 1. The van der Waals surface area contributed by atoms with Crippen LogP contribution in [0.15, 0.2) is 82.0 Å². The average molecular weight is 328 g/mol. The Labute approximate surface area is 144 Å². The van der Waals surface area contributed by atoms with Crippen LogP contribution >= 0.6 is 0 Å². The molecule has 4 rings (SSSR count). The number of rotatable bonds is 2. The lowest BCUT2D eigenvalue weighted by atomic mass is 9.99. The van der Waals surface area contributed by atoms with Gasteiger partial charge in [-0.05, 0) is 35.7 Å². The van der Waals surface area contributed by atoms with Crippen LogP contribution in [0.2, 0.25) is 0 Å². The molecule has 0 bridgehead atoms. The van der Waals surface area contributed by atoms with Crippen molar-refractivity contribution in [1.29, 1.82) is 0 Å². The van der Waals surface area contributed by atoms with Gasteiger partial charge < -0.3 is 9.52 Å². The number of aromatic hydroxyl groups is 1. The first-order chi connectivity index (χ1) is 12.1. The molecule has 4 aromatic rings. The third-order valence-corrected chi connectivity index (χ3v) is 4.32. The van der Waals surface area contributed by atoms with Crippen LogP contribution in [-0.2, 0) is 0 Å². The number of phenolic OH excluding ortho intramolecular Hbond substituents is 1. The van der Waals surface area contributed by atoms with Crippen molar-refractivity contribution in [2.24, 2.45) is 0 Å². The fraction of sp³-hybridized carbons (Fsp3) is 0.0455. The molecule has 0 spiro atoms. The van der Waals surface area contributed by atoms with Crippen LogP contribution in [0.5, 0.6) is 5.75 Å². The van der Waals surface area contributed by atoms with Crippen LogP contribution in [0.4, 0.5) is 0 Å². The van der Waals surface area contributed by atoms with Gasteiger partial charge in [0.1, 0.15) is 22.5 Å². The monoisotopic (exact) mass is 328 g/mol. The van der Waals surface area contributed by atoms with E-state index in [2.05, 4.69) is 0 Å². The summed E-state index contributed by atoms with van der Waals surface area (Å²) in [5.41, 5.74) is 3.84. The van der Waals surface area contributed by atoms with Crippen molar-refractivity contribution in [3.8, 4) is 28.2 Å². The maximum atomic E-state index is 12.5. The Hall–Kier alpha value is -3.33. The van der Waals surface area contributed by atoms with E-state index in [4.69, 9.17) is 4.42 Å². The molecule has 122 valence electrons. The van der Waals surface area contributed by atoms with E-state index < -0.39 is 0 Å². The Bertz CT molecular complexity index is 1130. The van der Waals surface area contributed by atoms with Gasteiger partial charge in [-0.3, -0.25) is 4.79 Å². The summed E-state index contributed by atoms with van der Waals surface area (Å²) < 4.78 is 5.95. The fourth-order valence-electron chi connectivity index (χ4n) is 3.07. The molecule has 0 aliphatic carbocycles. The summed E-state index contributed by atoms with van der Waals surface area (Å²) in [7, 11) is 0. The highest BCUT2D eigenvalue weighted by atomic mass is 16.3. The van der Waals surface area contributed by atoms with Gasteiger partial charge in [-0.1, -0.05) is 54.6 Å². The molecule has 0 unspecified atom stereocenters. The fourth-order valence-corrected chi connectivity index (χ4v) is 3.07. The normalized spacial score (nSPS) is 10.9. The zero-order valence-corrected chi connectivity index (χ0v) is 13.7. The van der Waals surface area contributed by atoms with E-state index in [-0.39, 0.29) is 16.6 Å². The molecular formula is C22H16O3. The zero-order valence-electron chi connectivity index (χ0n) is 13.7. The van der Waals surface area contributed by atoms with Crippen molar-refractivity contribution in [2.45, 2.75) is 6.92 Å². The topological polar surface area (TPSA) is 50.4 Å². The van der Waals surface area contributed by atoms with Gasteiger partial charge in [0.25, 0.3) is 0 Å². The second kappa shape index (κ2) is 5.95. The lowest BCUT2D eigenvalue weighted by Crippen LogP contribution is -2.01. The summed E-state index contributed by atoms with van der Waals surface area (Å²) in [5, 5.41) is 10.6. The summed E-state index contributed by atoms with van der Waals surface area (Å²) in [4.78, 5) is 12.5. The molecule has 1 aromatic heterocycles. The van der Waals surface area contributed by atoms with E-state index in [1.807, 2.05) is 67.6 Å². The Morgan fingerprint density at radius 3 is 2.32 bits per heavy atom. The molecule has 25 heavy (non-hydrogen) atoms. The minimum atomic E-state index is -0.256. The van der Waals surface area contributed by atoms with Crippen LogP contribution in [-0.4, -0.2) is 5.11 Å². The van der Waals surface area contributed by atoms with E-state index in [1.54, 1.807) is 6.07 Å². The van der Waals surface area contributed by atoms with Crippen LogP contribution in [0.3, 0.4) is 0 Å². The summed E-state index contributed by atoms with van der Waals surface area (Å²) in [6, 6.07) is 22.2. The average Bonchev–Trinajstić information content (AvgIpc) is 2.62. The molecule has 0 saturated heterocycles. The second-order valence-electron chi connectivity index (χ2n) is 6.02. The first kappa shape index (κ1) is 15.2. The number of phenols is 1. The van der Waals surface area contributed by atoms with Gasteiger partial charge in [0.05, 0.1) is 0 Å². The summed E-state index contributed by atoms with van der Waals surface area (Å²) in [6.45, 7) is 2.01. The third kappa shape index (κ3) is 2.70. The van der Waals surface area contributed by atoms with Crippen molar-refractivity contribution in [2.75, 3.05) is 0 Å². The van der Waals surface area contributed by atoms with E-state index in [9.17, 15) is 9.90 Å². The quantitative estimate of drug-likeness (QED) is 0.554. The minimum absolute atomic E-state index is 0.0656. The Morgan fingerprint density at radius 2 is 1.56 bits per heavy atom. The standard InChI is InChI=1S/C22H16O3/c1-14-7-5-6-10-17(14)16-11-18(23)22-19(24)13-20(25-21(22)12-16)15-8-3-2-4-9-15/h2-13,23H,1H3. The SMILES string of the molecule is Cc1ccccc1-c1cc(O)c2c(=O)cc(-c3ccccc3)oc2c1. The largest absolute Gasteiger partial charge is 0.507 e. The number of hydrogen-bond donors (Lipinski definition) is 1. The first-order valence-electron chi connectivity index (χ1n) is 8.06. The smallest absolute Gasteiger partial charge is 0.197 e. The molecule has 0 fully saturated rings. The van der Waals surface area contributed by atoms with E-state index in [0.717, 1.165) is 22.3 Å². The van der Waals surface area contributed by atoms with Crippen molar-refractivity contribution in [3.05, 3.63) is 88.6 Å². The summed E-state index contributed by atoms with van der Waals surface area (Å²) in [6.07, 6.45) is 0. The molecule has 3 nitrogen and oxygen atoms in total. The number of hydrogen-bond acceptors (Lipinski definition) is 3. The van der Waals surface area contributed by atoms with Crippen molar-refractivity contribution in [1.82, 2.24) is 0 Å². The summed E-state index contributed by atoms with van der Waals surface area (Å²) >= 11 is 0. The van der Waals surface area contributed by atoms with Gasteiger partial charge in [0.15, 0.2) is 5.43 Å². The highest BCUT2D eigenvalue weighted by molar-refractivity contribution is 5.89. The molecule has 0 aliphatic rings. The van der Waals surface area contributed by atoms with Gasteiger partial charge in [-0.2, -0.15) is 0 Å². The maximum Gasteiger partial charge on any atom is 0.197 e. The Balaban J connectivity index is 1.99. The van der Waals surface area contributed by atoms with Crippen LogP contribution in [0, 0.1) is 6.92 Å². The first-order valence-corrected chi connectivity index (χ1v) is 8.06. The lowest BCUT2D eigenvalue weighted by Gasteiger charge is -2.09. The molecule has 0 atom stereocenters. The van der Waals surface area contributed by atoms with Crippen molar-refractivity contribution < 1.29 is 9.52 Å². The van der Waals surface area contributed by atoms with E-state index in [1.165, 1.54) is 6.07 Å². The predicted octanol–water partition coefficient (Wildman–Crippen LogP) is 5.14. The second-order valence-corrected chi connectivity index (χ2v) is 6.02. The molecule has 3 heteroatoms. The predicted molar refractivity (Wildman–Crippen MR) is 99.8 cm³/mol. The third-order valence-electron chi connectivity index (χ3n) is 4.32. The molecule has 0 aliphatic heterocycles. The molecular weight excluding hydrogens is 312 g/mol. The minimum Gasteiger partial charge on any atom is -0.507 e. The van der Waals surface area contributed by atoms with E-state index in [0.29, 0.717) is 11.3 Å². The molecule has 0 radical (unpaired) electrons. The Kier molecular flexibility index (Phi) is 3.62. The zero-order chi connectivity index (χ0) is 17.4. The summed E-state index contributed by atoms with van der Waals surface area (Å²) in [5.74, 6) is 0.420. The van der Waals surface area contributed by atoms with Gasteiger partial charge >= 0.3 is 0 Å². The van der Waals surface area contributed by atoms with Crippen molar-refractivity contribution >= 4 is 11.0 Å². The van der Waals surface area contributed by atoms with Crippen LogP contribution < -0.4 is 5.43 Å². The van der Waals surface area contributed by atoms with Crippen LogP contribution in [0.1, 0.15) is 5.56 Å². The molecule has 1 N–H and O–H groups in total. The highest BCUT2D eigenvalue weighted by Gasteiger charge is 2.13. The Morgan fingerprint density at radius 1 is 0.840 bits per heavy atom. The molecule has 0 saturated carbocycles. The number of aryl methyl sites for hydroxylation is 1.